The molecule has 0 unspecified atom stereocenters. The lowest BCUT2D eigenvalue weighted by molar-refractivity contribution is -0.142. The zero-order valence-electron chi connectivity index (χ0n) is 13.4. The van der Waals surface area contributed by atoms with Gasteiger partial charge in [0.2, 0.25) is 5.91 Å². The number of carbonyl (C=O) groups is 3. The number of hydrogen-bond acceptors (Lipinski definition) is 3. The summed E-state index contributed by atoms with van der Waals surface area (Å²) in [7, 11) is 0. The van der Waals surface area contributed by atoms with Gasteiger partial charge in [0.15, 0.2) is 0 Å². The molecule has 0 spiro atoms. The van der Waals surface area contributed by atoms with Crippen LogP contribution in [0.4, 0.5) is 4.79 Å². The summed E-state index contributed by atoms with van der Waals surface area (Å²) in [6.45, 7) is 0.272. The number of carboxylic acids is 1. The van der Waals surface area contributed by atoms with E-state index in [4.69, 9.17) is 5.73 Å². The van der Waals surface area contributed by atoms with Crippen molar-refractivity contribution in [2.45, 2.75) is 25.4 Å². The molecular formula is C16H19BrN4O4. The molecule has 1 aromatic carbocycles. The number of urea groups is 1. The molecule has 0 saturated carbocycles. The van der Waals surface area contributed by atoms with Crippen molar-refractivity contribution in [2.75, 3.05) is 6.54 Å². The van der Waals surface area contributed by atoms with Gasteiger partial charge in [-0.1, -0.05) is 22.0 Å². The minimum atomic E-state index is -1.12. The van der Waals surface area contributed by atoms with E-state index in [1.54, 1.807) is 10.8 Å². The summed E-state index contributed by atoms with van der Waals surface area (Å²) in [6, 6.07) is 5.87. The Morgan fingerprint density at radius 3 is 2.72 bits per heavy atom. The van der Waals surface area contributed by atoms with Gasteiger partial charge in [-0.25, -0.2) is 9.59 Å². The number of rotatable bonds is 8. The molecule has 3 amide bonds. The number of carbonyl (C=O) groups excluding carboxylic acids is 2. The molecule has 0 radical (unpaired) electrons. The molecule has 5 N–H and O–H groups in total. The number of halogens is 1. The SMILES string of the molecule is NC(=O)NCCC[C@@H](NC(=O)Cn1ccc2c(Br)cccc21)C(=O)O. The smallest absolute Gasteiger partial charge is 0.326 e. The van der Waals surface area contributed by atoms with Gasteiger partial charge in [0.05, 0.1) is 0 Å². The first-order valence-electron chi connectivity index (χ1n) is 7.67. The summed E-state index contributed by atoms with van der Waals surface area (Å²) in [5.74, 6) is -1.51. The second kappa shape index (κ2) is 8.52. The summed E-state index contributed by atoms with van der Waals surface area (Å²) in [4.78, 5) is 34.1. The van der Waals surface area contributed by atoms with E-state index in [1.807, 2.05) is 24.3 Å². The molecular weight excluding hydrogens is 392 g/mol. The van der Waals surface area contributed by atoms with Crippen molar-refractivity contribution < 1.29 is 19.5 Å². The predicted molar refractivity (Wildman–Crippen MR) is 96.0 cm³/mol. The Balaban J connectivity index is 1.95. The van der Waals surface area contributed by atoms with E-state index >= 15 is 0 Å². The van der Waals surface area contributed by atoms with Crippen LogP contribution in [-0.4, -0.2) is 40.2 Å². The van der Waals surface area contributed by atoms with Gasteiger partial charge < -0.3 is 26.0 Å². The molecule has 2 aromatic rings. The first kappa shape index (κ1) is 18.8. The third-order valence-corrected chi connectivity index (χ3v) is 4.37. The quantitative estimate of drug-likeness (QED) is 0.490. The number of hydrogen-bond donors (Lipinski definition) is 4. The van der Waals surface area contributed by atoms with E-state index in [0.717, 1.165) is 15.4 Å². The summed E-state index contributed by atoms with van der Waals surface area (Å²) < 4.78 is 2.68. The van der Waals surface area contributed by atoms with Gasteiger partial charge in [-0.15, -0.1) is 0 Å². The third kappa shape index (κ3) is 5.21. The van der Waals surface area contributed by atoms with Crippen LogP contribution in [0.1, 0.15) is 12.8 Å². The van der Waals surface area contributed by atoms with E-state index in [2.05, 4.69) is 26.6 Å². The number of nitrogens with zero attached hydrogens (tertiary/aromatic N) is 1. The average molecular weight is 411 g/mol. The molecule has 0 saturated heterocycles. The second-order valence-electron chi connectivity index (χ2n) is 5.51. The standard InChI is InChI=1S/C16H19BrN4O4/c17-11-3-1-5-13-10(11)6-8-21(13)9-14(22)20-12(15(23)24)4-2-7-19-16(18)25/h1,3,5-6,8,12H,2,4,7,9H2,(H,20,22)(H,23,24)(H3,18,19,25)/t12-/m1/s1. The highest BCUT2D eigenvalue weighted by atomic mass is 79.9. The fourth-order valence-electron chi connectivity index (χ4n) is 2.49. The highest BCUT2D eigenvalue weighted by Crippen LogP contribution is 2.24. The van der Waals surface area contributed by atoms with E-state index < -0.39 is 23.9 Å². The number of fused-ring (bicyclic) bond motifs is 1. The van der Waals surface area contributed by atoms with Gasteiger partial charge in [0, 0.05) is 28.1 Å². The van der Waals surface area contributed by atoms with Gasteiger partial charge in [0.1, 0.15) is 12.6 Å². The Morgan fingerprint density at radius 1 is 1.28 bits per heavy atom. The number of benzene rings is 1. The van der Waals surface area contributed by atoms with Crippen molar-refractivity contribution >= 4 is 44.7 Å². The number of aliphatic carboxylic acids is 1. The van der Waals surface area contributed by atoms with Crippen LogP contribution in [0.2, 0.25) is 0 Å². The number of carboxylic acid groups (broad SMARTS) is 1. The number of nitrogens with one attached hydrogen (secondary N) is 2. The lowest BCUT2D eigenvalue weighted by Crippen LogP contribution is -2.42. The van der Waals surface area contributed by atoms with Gasteiger partial charge in [-0.05, 0) is 31.0 Å². The van der Waals surface area contributed by atoms with Gasteiger partial charge >= 0.3 is 12.0 Å². The minimum Gasteiger partial charge on any atom is -0.480 e. The van der Waals surface area contributed by atoms with Crippen molar-refractivity contribution in [2.24, 2.45) is 5.73 Å². The van der Waals surface area contributed by atoms with Crippen LogP contribution >= 0.6 is 15.9 Å². The fraction of sp³-hybridized carbons (Fsp3) is 0.312. The summed E-state index contributed by atoms with van der Waals surface area (Å²) in [6.07, 6.45) is 2.36. The summed E-state index contributed by atoms with van der Waals surface area (Å²) in [5.41, 5.74) is 5.82. The van der Waals surface area contributed by atoms with E-state index in [0.29, 0.717) is 6.42 Å². The molecule has 1 atom stereocenters. The van der Waals surface area contributed by atoms with E-state index in [1.165, 1.54) is 0 Å². The largest absolute Gasteiger partial charge is 0.480 e. The molecule has 8 nitrogen and oxygen atoms in total. The van der Waals surface area contributed by atoms with Crippen LogP contribution < -0.4 is 16.4 Å². The monoisotopic (exact) mass is 410 g/mol. The highest BCUT2D eigenvalue weighted by Gasteiger charge is 2.20. The zero-order valence-corrected chi connectivity index (χ0v) is 15.0. The van der Waals surface area contributed by atoms with Crippen LogP contribution in [0, 0.1) is 0 Å². The van der Waals surface area contributed by atoms with Crippen molar-refractivity contribution in [1.82, 2.24) is 15.2 Å². The molecule has 134 valence electrons. The maximum absolute atomic E-state index is 12.2. The molecule has 0 aliphatic carbocycles. The third-order valence-electron chi connectivity index (χ3n) is 3.68. The predicted octanol–water partition coefficient (Wildman–Crippen LogP) is 1.42. The van der Waals surface area contributed by atoms with Crippen LogP contribution in [0.3, 0.4) is 0 Å². The number of aromatic nitrogens is 1. The lowest BCUT2D eigenvalue weighted by atomic mass is 10.1. The van der Waals surface area contributed by atoms with Crippen LogP contribution in [0.15, 0.2) is 34.9 Å². The second-order valence-corrected chi connectivity index (χ2v) is 6.36. The zero-order chi connectivity index (χ0) is 18.4. The Bertz CT molecular complexity index is 790. The minimum absolute atomic E-state index is 0.0171. The first-order chi connectivity index (χ1) is 11.9. The number of nitrogens with two attached hydrogens (primary N) is 1. The molecule has 25 heavy (non-hydrogen) atoms. The van der Waals surface area contributed by atoms with Crippen LogP contribution in [-0.2, 0) is 16.1 Å². The molecule has 2 rings (SSSR count). The summed E-state index contributed by atoms with van der Waals surface area (Å²) >= 11 is 3.45. The fourth-order valence-corrected chi connectivity index (χ4v) is 2.98. The average Bonchev–Trinajstić information content (AvgIpc) is 2.94. The summed E-state index contributed by atoms with van der Waals surface area (Å²) in [5, 5.41) is 15.1. The van der Waals surface area contributed by atoms with Crippen molar-refractivity contribution in [3.63, 3.8) is 0 Å². The Labute approximate surface area is 152 Å². The van der Waals surface area contributed by atoms with Crippen LogP contribution in [0.5, 0.6) is 0 Å². The Kier molecular flexibility index (Phi) is 6.40. The van der Waals surface area contributed by atoms with Gasteiger partial charge in [0.25, 0.3) is 0 Å². The van der Waals surface area contributed by atoms with Gasteiger partial charge in [-0.2, -0.15) is 0 Å². The van der Waals surface area contributed by atoms with Gasteiger partial charge in [-0.3, -0.25) is 4.79 Å². The molecule has 0 aliphatic heterocycles. The maximum atomic E-state index is 12.2. The normalized spacial score (nSPS) is 11.9. The van der Waals surface area contributed by atoms with E-state index in [-0.39, 0.29) is 19.5 Å². The molecule has 1 heterocycles. The number of primary amides is 1. The number of amides is 3. The van der Waals surface area contributed by atoms with Crippen molar-refractivity contribution in [3.8, 4) is 0 Å². The van der Waals surface area contributed by atoms with Crippen LogP contribution in [0.25, 0.3) is 10.9 Å². The molecule has 0 aliphatic rings. The molecule has 0 bridgehead atoms. The van der Waals surface area contributed by atoms with Crippen molar-refractivity contribution in [1.29, 1.82) is 0 Å². The molecule has 1 aromatic heterocycles. The molecule has 9 heteroatoms. The van der Waals surface area contributed by atoms with Crippen molar-refractivity contribution in [3.05, 3.63) is 34.9 Å². The molecule has 0 fully saturated rings. The topological polar surface area (TPSA) is 126 Å². The highest BCUT2D eigenvalue weighted by molar-refractivity contribution is 9.10. The Hall–Kier alpha value is -2.55. The maximum Gasteiger partial charge on any atom is 0.326 e. The lowest BCUT2D eigenvalue weighted by Gasteiger charge is -2.15. The van der Waals surface area contributed by atoms with E-state index in [9.17, 15) is 19.5 Å². The first-order valence-corrected chi connectivity index (χ1v) is 8.46. The Morgan fingerprint density at radius 2 is 2.04 bits per heavy atom.